The molecular formula is C38H36N2O3. The van der Waals surface area contributed by atoms with E-state index in [4.69, 9.17) is 9.26 Å². The third-order valence-electron chi connectivity index (χ3n) is 7.78. The topological polar surface area (TPSA) is 58.7 Å². The highest BCUT2D eigenvalue weighted by atomic mass is 16.5. The van der Waals surface area contributed by atoms with Gasteiger partial charge in [-0.1, -0.05) is 120 Å². The molecule has 1 fully saturated rings. The van der Waals surface area contributed by atoms with Gasteiger partial charge in [0, 0.05) is 36.8 Å². The Morgan fingerprint density at radius 1 is 0.791 bits per heavy atom. The van der Waals surface area contributed by atoms with Gasteiger partial charge in [0.1, 0.15) is 24.2 Å². The first kappa shape index (κ1) is 28.4. The molecule has 1 N–H and O–H groups in total. The fourth-order valence-corrected chi connectivity index (χ4v) is 5.61. The van der Waals surface area contributed by atoms with Crippen LogP contribution in [0.4, 0.5) is 0 Å². The first-order valence-electron chi connectivity index (χ1n) is 14.9. The first-order chi connectivity index (χ1) is 21.2. The van der Waals surface area contributed by atoms with Gasteiger partial charge in [-0.25, -0.2) is 0 Å². The minimum absolute atomic E-state index is 0.226. The van der Waals surface area contributed by atoms with E-state index >= 15 is 0 Å². The molecule has 0 aliphatic carbocycles. The molecule has 1 aromatic heterocycles. The van der Waals surface area contributed by atoms with Gasteiger partial charge in [-0.2, -0.15) is 0 Å². The number of ether oxygens (including phenoxy) is 1. The number of piperidine rings is 1. The quantitative estimate of drug-likeness (QED) is 0.186. The lowest BCUT2D eigenvalue weighted by atomic mass is 9.88. The smallest absolute Gasteiger partial charge is 0.160 e. The van der Waals surface area contributed by atoms with E-state index in [0.29, 0.717) is 12.3 Å². The van der Waals surface area contributed by atoms with Crippen LogP contribution in [-0.2, 0) is 0 Å². The molecular weight excluding hydrogens is 532 g/mol. The van der Waals surface area contributed by atoms with E-state index in [2.05, 4.69) is 70.7 Å². The van der Waals surface area contributed by atoms with Crippen molar-refractivity contribution < 1.29 is 14.4 Å². The number of rotatable bonds is 10. The van der Waals surface area contributed by atoms with Gasteiger partial charge in [0.15, 0.2) is 5.76 Å². The van der Waals surface area contributed by atoms with Gasteiger partial charge in [0.05, 0.1) is 0 Å². The number of aliphatic hydroxyl groups excluding tert-OH is 1. The molecule has 5 aromatic rings. The lowest BCUT2D eigenvalue weighted by Gasteiger charge is -2.31. The van der Waals surface area contributed by atoms with Gasteiger partial charge in [0.2, 0.25) is 0 Å². The summed E-state index contributed by atoms with van der Waals surface area (Å²) in [6, 6.07) is 41.0. The molecule has 43 heavy (non-hydrogen) atoms. The fourth-order valence-electron chi connectivity index (χ4n) is 5.61. The monoisotopic (exact) mass is 568 g/mol. The molecule has 0 amide bonds. The van der Waals surface area contributed by atoms with Gasteiger partial charge in [-0.15, -0.1) is 0 Å². The average Bonchev–Trinajstić information content (AvgIpc) is 3.55. The van der Waals surface area contributed by atoms with Crippen LogP contribution in [0.15, 0.2) is 131 Å². The summed E-state index contributed by atoms with van der Waals surface area (Å²) in [6.07, 6.45) is 5.21. The molecule has 0 spiro atoms. The standard InChI is InChI=1S/C38H36N2O3/c41-34(27-40-24-22-33(23-25-40)38(31-15-6-2-7-16-31)32-17-8-3-9-18-32)28-42-37-19-11-10-14-30(37)20-21-35-26-36(39-43-35)29-12-4-1-5-13-29/h1-21,26,34,41H,22-25,27-28H2. The maximum Gasteiger partial charge on any atom is 0.160 e. The van der Waals surface area contributed by atoms with Crippen LogP contribution >= 0.6 is 0 Å². The highest BCUT2D eigenvalue weighted by Gasteiger charge is 2.21. The Bertz CT molecular complexity index is 1610. The largest absolute Gasteiger partial charge is 0.490 e. The molecule has 1 aliphatic heterocycles. The average molecular weight is 569 g/mol. The molecule has 0 saturated carbocycles. The molecule has 1 unspecified atom stereocenters. The normalized spacial score (nSPS) is 14.6. The Hall–Kier alpha value is -4.71. The first-order valence-corrected chi connectivity index (χ1v) is 14.9. The van der Waals surface area contributed by atoms with E-state index in [1.165, 1.54) is 22.3 Å². The zero-order chi connectivity index (χ0) is 29.3. The maximum absolute atomic E-state index is 10.9. The van der Waals surface area contributed by atoms with Gasteiger partial charge >= 0.3 is 0 Å². The van der Waals surface area contributed by atoms with E-state index in [9.17, 15) is 5.11 Å². The van der Waals surface area contributed by atoms with Gasteiger partial charge < -0.3 is 14.4 Å². The van der Waals surface area contributed by atoms with Crippen molar-refractivity contribution in [3.8, 4) is 17.0 Å². The Balaban J connectivity index is 1.05. The Kier molecular flexibility index (Phi) is 9.23. The van der Waals surface area contributed by atoms with Crippen LogP contribution in [0, 0.1) is 0 Å². The van der Waals surface area contributed by atoms with E-state index in [1.54, 1.807) is 0 Å². The van der Waals surface area contributed by atoms with Crippen LogP contribution in [0.25, 0.3) is 29.0 Å². The minimum atomic E-state index is -0.590. The van der Waals surface area contributed by atoms with Crippen LogP contribution < -0.4 is 4.74 Å². The SMILES string of the molecule is OC(COc1ccccc1C=Cc1cc(-c2ccccc2)no1)CN1CCC(=C(c2ccccc2)c2ccccc2)CC1. The fraction of sp³-hybridized carbons (Fsp3) is 0.184. The number of aliphatic hydroxyl groups is 1. The second-order valence-electron chi connectivity index (χ2n) is 10.8. The summed E-state index contributed by atoms with van der Waals surface area (Å²) in [7, 11) is 0. The Morgan fingerprint density at radius 3 is 2.07 bits per heavy atom. The highest BCUT2D eigenvalue weighted by molar-refractivity contribution is 5.82. The van der Waals surface area contributed by atoms with Crippen molar-refractivity contribution in [1.29, 1.82) is 0 Å². The van der Waals surface area contributed by atoms with Crippen molar-refractivity contribution in [2.75, 3.05) is 26.2 Å². The number of benzene rings is 4. The number of likely N-dealkylation sites (tertiary alicyclic amines) is 1. The highest BCUT2D eigenvalue weighted by Crippen LogP contribution is 2.32. The molecule has 1 atom stereocenters. The van der Waals surface area contributed by atoms with E-state index < -0.39 is 6.10 Å². The maximum atomic E-state index is 10.9. The molecule has 1 aliphatic rings. The van der Waals surface area contributed by atoms with Crippen molar-refractivity contribution in [1.82, 2.24) is 10.1 Å². The predicted octanol–water partition coefficient (Wildman–Crippen LogP) is 7.85. The molecule has 2 heterocycles. The molecule has 0 radical (unpaired) electrons. The summed E-state index contributed by atoms with van der Waals surface area (Å²) in [5.41, 5.74) is 8.06. The third kappa shape index (κ3) is 7.39. The number of hydrogen-bond donors (Lipinski definition) is 1. The van der Waals surface area contributed by atoms with Gasteiger partial charge in [0.25, 0.3) is 0 Å². The molecule has 5 heteroatoms. The van der Waals surface area contributed by atoms with E-state index in [0.717, 1.165) is 48.5 Å². The van der Waals surface area contributed by atoms with Crippen LogP contribution in [-0.4, -0.2) is 47.5 Å². The molecule has 6 rings (SSSR count). The van der Waals surface area contributed by atoms with Crippen molar-refractivity contribution in [3.05, 3.63) is 149 Å². The van der Waals surface area contributed by atoms with Crippen LogP contribution in [0.5, 0.6) is 5.75 Å². The second kappa shape index (κ2) is 14.0. The van der Waals surface area contributed by atoms with Crippen LogP contribution in [0.1, 0.15) is 35.3 Å². The van der Waals surface area contributed by atoms with Crippen LogP contribution in [0.2, 0.25) is 0 Å². The minimum Gasteiger partial charge on any atom is -0.490 e. The van der Waals surface area contributed by atoms with Crippen LogP contribution in [0.3, 0.4) is 0 Å². The summed E-state index contributed by atoms with van der Waals surface area (Å²) in [5.74, 6) is 1.38. The molecule has 4 aromatic carbocycles. The number of para-hydroxylation sites is 1. The molecule has 5 nitrogen and oxygen atoms in total. The van der Waals surface area contributed by atoms with Gasteiger partial charge in [-0.05, 0) is 47.8 Å². The predicted molar refractivity (Wildman–Crippen MR) is 173 cm³/mol. The molecule has 1 saturated heterocycles. The van der Waals surface area contributed by atoms with E-state index in [1.807, 2.05) is 72.8 Å². The van der Waals surface area contributed by atoms with Crippen molar-refractivity contribution in [2.45, 2.75) is 18.9 Å². The summed E-state index contributed by atoms with van der Waals surface area (Å²) in [4.78, 5) is 2.34. The Morgan fingerprint density at radius 2 is 1.40 bits per heavy atom. The number of nitrogens with zero attached hydrogens (tertiary/aromatic N) is 2. The zero-order valence-electron chi connectivity index (χ0n) is 24.2. The zero-order valence-corrected chi connectivity index (χ0v) is 24.2. The number of β-amino-alcohol motifs (C(OH)–C–C–N with tert-alkyl or cyclic N) is 1. The second-order valence-corrected chi connectivity index (χ2v) is 10.8. The van der Waals surface area contributed by atoms with E-state index in [-0.39, 0.29) is 6.61 Å². The lowest BCUT2D eigenvalue weighted by molar-refractivity contribution is 0.0655. The number of hydrogen-bond acceptors (Lipinski definition) is 5. The third-order valence-corrected chi connectivity index (χ3v) is 7.78. The summed E-state index contributed by atoms with van der Waals surface area (Å²) in [6.45, 7) is 2.63. The summed E-state index contributed by atoms with van der Waals surface area (Å²) >= 11 is 0. The van der Waals surface area contributed by atoms with Crippen molar-refractivity contribution >= 4 is 17.7 Å². The van der Waals surface area contributed by atoms with Crippen molar-refractivity contribution in [2.24, 2.45) is 0 Å². The summed E-state index contributed by atoms with van der Waals surface area (Å²) in [5, 5.41) is 15.1. The number of aromatic nitrogens is 1. The van der Waals surface area contributed by atoms with Gasteiger partial charge in [-0.3, -0.25) is 4.90 Å². The van der Waals surface area contributed by atoms with Crippen molar-refractivity contribution in [3.63, 3.8) is 0 Å². The lowest BCUT2D eigenvalue weighted by Crippen LogP contribution is -2.39. The Labute approximate surface area is 253 Å². The summed E-state index contributed by atoms with van der Waals surface area (Å²) < 4.78 is 11.6. The molecule has 216 valence electrons. The molecule has 0 bridgehead atoms.